The Balaban J connectivity index is 2.18. The normalized spacial score (nSPS) is 16.1. The zero-order valence-electron chi connectivity index (χ0n) is 7.27. The Bertz CT molecular complexity index is 210. The third-order valence-electron chi connectivity index (χ3n) is 1.75. The molecule has 0 aromatic rings. The van der Waals surface area contributed by atoms with Crippen LogP contribution < -0.4 is 5.32 Å². The van der Waals surface area contributed by atoms with E-state index in [1.54, 1.807) is 0 Å². The van der Waals surface area contributed by atoms with Crippen molar-refractivity contribution in [1.82, 2.24) is 10.2 Å². The van der Waals surface area contributed by atoms with E-state index < -0.39 is 0 Å². The van der Waals surface area contributed by atoms with E-state index in [1.807, 2.05) is 0 Å². The monoisotopic (exact) mass is 162 g/mol. The minimum Gasteiger partial charge on any atom is -0.330 e. The van der Waals surface area contributed by atoms with Gasteiger partial charge >= 0.3 is 0 Å². The van der Waals surface area contributed by atoms with Crippen LogP contribution in [-0.2, 0) is 0 Å². The van der Waals surface area contributed by atoms with Crippen molar-refractivity contribution in [3.8, 4) is 24.3 Å². The van der Waals surface area contributed by atoms with E-state index in [-0.39, 0.29) is 0 Å². The largest absolute Gasteiger partial charge is 0.330 e. The summed E-state index contributed by atoms with van der Waals surface area (Å²) in [6.45, 7) is 4.15. The highest BCUT2D eigenvalue weighted by molar-refractivity contribution is 5.02. The summed E-state index contributed by atoms with van der Waals surface area (Å²) in [5.74, 6) is 5.63. The molecule has 2 heteroatoms. The maximum absolute atomic E-state index is 5.11. The van der Waals surface area contributed by atoms with Gasteiger partial charge in [-0.1, -0.05) is 5.92 Å². The highest BCUT2D eigenvalue weighted by atomic mass is 15.2. The molecule has 1 aliphatic rings. The van der Waals surface area contributed by atoms with Gasteiger partial charge in [0.2, 0.25) is 0 Å². The van der Waals surface area contributed by atoms with E-state index in [4.69, 9.17) is 6.42 Å². The molecule has 0 aromatic heterocycles. The molecule has 0 atom stereocenters. The molecular weight excluding hydrogens is 148 g/mol. The number of unbranched alkanes of at least 4 members (excludes halogenated alkanes) is 1. The van der Waals surface area contributed by atoms with E-state index in [0.717, 1.165) is 39.0 Å². The van der Waals surface area contributed by atoms with Crippen LogP contribution in [0.2, 0.25) is 0 Å². The van der Waals surface area contributed by atoms with Gasteiger partial charge in [-0.05, 0) is 0 Å². The highest BCUT2D eigenvalue weighted by Gasteiger charge is 2.03. The molecule has 1 N–H and O–H groups in total. The van der Waals surface area contributed by atoms with E-state index >= 15 is 0 Å². The lowest BCUT2D eigenvalue weighted by molar-refractivity contribution is 0.341. The van der Waals surface area contributed by atoms with Gasteiger partial charge < -0.3 is 10.2 Å². The molecule has 0 unspecified atom stereocenters. The Kier molecular flexibility index (Phi) is 4.13. The summed E-state index contributed by atoms with van der Waals surface area (Å²) < 4.78 is 0. The molecule has 1 rings (SSSR count). The smallest absolute Gasteiger partial charge is 0.0386 e. The quantitative estimate of drug-likeness (QED) is 0.439. The van der Waals surface area contributed by atoms with E-state index in [0.29, 0.717) is 0 Å². The molecular formula is C10H14N2. The van der Waals surface area contributed by atoms with Gasteiger partial charge in [0.1, 0.15) is 0 Å². The molecule has 64 valence electrons. The number of rotatable bonds is 1. The number of nitrogens with zero attached hydrogens (tertiary/aromatic N) is 1. The van der Waals surface area contributed by atoms with Crippen molar-refractivity contribution >= 4 is 0 Å². The number of piperazine rings is 1. The van der Waals surface area contributed by atoms with Crippen LogP contribution in [0.1, 0.15) is 12.8 Å². The molecule has 0 bridgehead atoms. The fraction of sp³-hybridized carbons (Fsp3) is 0.600. The van der Waals surface area contributed by atoms with Crippen LogP contribution in [0.25, 0.3) is 0 Å². The number of hydrogen-bond donors (Lipinski definition) is 1. The topological polar surface area (TPSA) is 15.3 Å². The molecule has 0 radical (unpaired) electrons. The van der Waals surface area contributed by atoms with Crippen LogP contribution in [0.4, 0.5) is 0 Å². The summed E-state index contributed by atoms with van der Waals surface area (Å²) in [4.78, 5) is 2.15. The van der Waals surface area contributed by atoms with Crippen LogP contribution >= 0.6 is 0 Å². The van der Waals surface area contributed by atoms with Crippen molar-refractivity contribution in [3.05, 3.63) is 0 Å². The molecule has 0 saturated carbocycles. The standard InChI is InChI=1S/C10H14N2/c1-2-3-4-5-8-12-9-6-11-7-10-12/h1,11H,3-4,6-7,9-10H2. The predicted molar refractivity (Wildman–Crippen MR) is 50.3 cm³/mol. The van der Waals surface area contributed by atoms with Crippen LogP contribution in [0.3, 0.4) is 0 Å². The number of nitrogens with one attached hydrogen (secondary N) is 1. The first-order chi connectivity index (χ1) is 5.93. The average Bonchev–Trinajstić information content (AvgIpc) is 2.14. The molecule has 0 aromatic carbocycles. The zero-order chi connectivity index (χ0) is 8.65. The molecule has 12 heavy (non-hydrogen) atoms. The lowest BCUT2D eigenvalue weighted by atomic mass is 10.3. The van der Waals surface area contributed by atoms with Crippen LogP contribution in [0.15, 0.2) is 0 Å². The summed E-state index contributed by atoms with van der Waals surface area (Å²) in [5, 5.41) is 3.27. The molecule has 0 amide bonds. The van der Waals surface area contributed by atoms with E-state index in [2.05, 4.69) is 28.1 Å². The van der Waals surface area contributed by atoms with Crippen molar-refractivity contribution in [3.63, 3.8) is 0 Å². The SMILES string of the molecule is C#CCCC#CN1CCNCC1. The van der Waals surface area contributed by atoms with Gasteiger partial charge in [0.15, 0.2) is 0 Å². The second-order valence-corrected chi connectivity index (χ2v) is 2.73. The summed E-state index contributed by atoms with van der Waals surface area (Å²) in [6, 6.07) is 3.10. The summed E-state index contributed by atoms with van der Waals surface area (Å²) in [6.07, 6.45) is 6.69. The Morgan fingerprint density at radius 2 is 2.00 bits per heavy atom. The van der Waals surface area contributed by atoms with Crippen molar-refractivity contribution in [2.45, 2.75) is 12.8 Å². The first-order valence-electron chi connectivity index (χ1n) is 4.31. The van der Waals surface area contributed by atoms with Crippen LogP contribution in [0.5, 0.6) is 0 Å². The van der Waals surface area contributed by atoms with Crippen LogP contribution in [-0.4, -0.2) is 31.1 Å². The second-order valence-electron chi connectivity index (χ2n) is 2.73. The third kappa shape index (κ3) is 3.32. The number of terminal acetylenes is 1. The van der Waals surface area contributed by atoms with Crippen molar-refractivity contribution in [2.75, 3.05) is 26.2 Å². The second kappa shape index (κ2) is 5.52. The average molecular weight is 162 g/mol. The highest BCUT2D eigenvalue weighted by Crippen LogP contribution is 1.89. The van der Waals surface area contributed by atoms with Gasteiger partial charge in [0.05, 0.1) is 0 Å². The lowest BCUT2D eigenvalue weighted by Crippen LogP contribution is -2.40. The molecule has 1 saturated heterocycles. The Morgan fingerprint density at radius 3 is 2.67 bits per heavy atom. The molecule has 0 spiro atoms. The molecule has 0 aliphatic carbocycles. The predicted octanol–water partition coefficient (Wildman–Crippen LogP) is 0.266. The minimum absolute atomic E-state index is 0.763. The zero-order valence-corrected chi connectivity index (χ0v) is 7.27. The van der Waals surface area contributed by atoms with Gasteiger partial charge in [-0.2, -0.15) is 0 Å². The first-order valence-corrected chi connectivity index (χ1v) is 4.31. The van der Waals surface area contributed by atoms with Gasteiger partial charge in [0.25, 0.3) is 0 Å². The first kappa shape index (κ1) is 8.97. The maximum Gasteiger partial charge on any atom is 0.0386 e. The summed E-state index contributed by atoms with van der Waals surface area (Å²) in [7, 11) is 0. The van der Waals surface area contributed by atoms with Crippen molar-refractivity contribution in [2.24, 2.45) is 0 Å². The fourth-order valence-corrected chi connectivity index (χ4v) is 1.08. The summed E-state index contributed by atoms with van der Waals surface area (Å²) >= 11 is 0. The van der Waals surface area contributed by atoms with Gasteiger partial charge in [-0.15, -0.1) is 12.3 Å². The van der Waals surface area contributed by atoms with Gasteiger partial charge in [-0.3, -0.25) is 0 Å². The molecule has 1 heterocycles. The number of hydrogen-bond acceptors (Lipinski definition) is 2. The Morgan fingerprint density at radius 1 is 1.25 bits per heavy atom. The molecule has 1 fully saturated rings. The van der Waals surface area contributed by atoms with Crippen LogP contribution in [0, 0.1) is 24.3 Å². The van der Waals surface area contributed by atoms with Crippen molar-refractivity contribution in [1.29, 1.82) is 0 Å². The Hall–Kier alpha value is -1.12. The summed E-state index contributed by atoms with van der Waals surface area (Å²) in [5.41, 5.74) is 0. The van der Waals surface area contributed by atoms with Gasteiger partial charge in [-0.25, -0.2) is 0 Å². The molecule has 1 aliphatic heterocycles. The van der Waals surface area contributed by atoms with Crippen molar-refractivity contribution < 1.29 is 0 Å². The van der Waals surface area contributed by atoms with Gasteiger partial charge in [0, 0.05) is 45.1 Å². The third-order valence-corrected chi connectivity index (χ3v) is 1.75. The minimum atomic E-state index is 0.763. The fourth-order valence-electron chi connectivity index (χ4n) is 1.08. The Labute approximate surface area is 74.3 Å². The molecule has 2 nitrogen and oxygen atoms in total. The maximum atomic E-state index is 5.11. The van der Waals surface area contributed by atoms with E-state index in [1.165, 1.54) is 0 Å². The van der Waals surface area contributed by atoms with E-state index in [9.17, 15) is 0 Å². The lowest BCUT2D eigenvalue weighted by Gasteiger charge is -2.23.